The van der Waals surface area contributed by atoms with Crippen LogP contribution in [-0.4, -0.2) is 17.9 Å². The predicted molar refractivity (Wildman–Crippen MR) is 101 cm³/mol. The Labute approximate surface area is 154 Å². The number of amides is 1. The molecule has 0 heterocycles. The molecule has 136 valence electrons. The van der Waals surface area contributed by atoms with Crippen molar-refractivity contribution in [2.45, 2.75) is 51.2 Å². The summed E-state index contributed by atoms with van der Waals surface area (Å²) in [4.78, 5) is 24.8. The molecular weight excluding hydrogens is 326 g/mol. The van der Waals surface area contributed by atoms with Crippen molar-refractivity contribution in [2.75, 3.05) is 0 Å². The van der Waals surface area contributed by atoms with Gasteiger partial charge >= 0.3 is 5.97 Å². The highest BCUT2D eigenvalue weighted by molar-refractivity contribution is 5.85. The van der Waals surface area contributed by atoms with Gasteiger partial charge in [0.2, 0.25) is 6.10 Å². The largest absolute Gasteiger partial charge is 0.447 e. The molecule has 0 aromatic heterocycles. The summed E-state index contributed by atoms with van der Waals surface area (Å²) in [5.74, 6) is -0.594. The van der Waals surface area contributed by atoms with Gasteiger partial charge in [-0.05, 0) is 36.8 Å². The van der Waals surface area contributed by atoms with Gasteiger partial charge in [0.25, 0.3) is 5.91 Å². The van der Waals surface area contributed by atoms with E-state index in [4.69, 9.17) is 4.74 Å². The standard InChI is InChI=1S/C22H25NO3/c1-2-16-8-10-17(11-9-16)12-15-20(24)26-21(18-6-4-3-5-7-18)22(25)23-19-13-14-19/h3-11,19,21H,2,12-15H2,1H3,(H,23,25)/t21-/m1/s1. The number of carbonyl (C=O) groups is 2. The highest BCUT2D eigenvalue weighted by Crippen LogP contribution is 2.23. The van der Waals surface area contributed by atoms with E-state index in [2.05, 4.69) is 24.4 Å². The van der Waals surface area contributed by atoms with Crippen molar-refractivity contribution in [1.82, 2.24) is 5.32 Å². The highest BCUT2D eigenvalue weighted by Gasteiger charge is 2.30. The molecule has 1 aliphatic carbocycles. The lowest BCUT2D eigenvalue weighted by atomic mass is 10.1. The molecule has 2 aromatic carbocycles. The number of ether oxygens (including phenoxy) is 1. The number of hydrogen-bond acceptors (Lipinski definition) is 3. The van der Waals surface area contributed by atoms with Crippen LogP contribution in [0.2, 0.25) is 0 Å². The van der Waals surface area contributed by atoms with E-state index in [0.29, 0.717) is 12.0 Å². The average Bonchev–Trinajstić information content (AvgIpc) is 3.49. The molecule has 0 radical (unpaired) electrons. The van der Waals surface area contributed by atoms with Gasteiger partial charge in [0.1, 0.15) is 0 Å². The molecular formula is C22H25NO3. The number of rotatable bonds is 8. The second-order valence-electron chi connectivity index (χ2n) is 6.73. The molecule has 2 aromatic rings. The molecule has 0 aliphatic heterocycles. The van der Waals surface area contributed by atoms with Gasteiger partial charge in [-0.2, -0.15) is 0 Å². The first-order chi connectivity index (χ1) is 12.7. The van der Waals surface area contributed by atoms with Gasteiger partial charge in [-0.1, -0.05) is 61.5 Å². The first kappa shape index (κ1) is 18.2. The quantitative estimate of drug-likeness (QED) is 0.737. The summed E-state index contributed by atoms with van der Waals surface area (Å²) in [5.41, 5.74) is 3.07. The number of aryl methyl sites for hydroxylation is 2. The maximum absolute atomic E-state index is 12.5. The van der Waals surface area contributed by atoms with E-state index in [1.54, 1.807) is 0 Å². The van der Waals surface area contributed by atoms with E-state index in [-0.39, 0.29) is 24.3 Å². The van der Waals surface area contributed by atoms with E-state index in [1.165, 1.54) is 5.56 Å². The highest BCUT2D eigenvalue weighted by atomic mass is 16.5. The van der Waals surface area contributed by atoms with E-state index >= 15 is 0 Å². The molecule has 1 N–H and O–H groups in total. The minimum atomic E-state index is -0.883. The third kappa shape index (κ3) is 5.19. The molecule has 26 heavy (non-hydrogen) atoms. The van der Waals surface area contributed by atoms with Crippen molar-refractivity contribution in [3.63, 3.8) is 0 Å². The second-order valence-corrected chi connectivity index (χ2v) is 6.73. The fourth-order valence-corrected chi connectivity index (χ4v) is 2.78. The molecule has 0 bridgehead atoms. The third-order valence-electron chi connectivity index (χ3n) is 4.56. The second kappa shape index (κ2) is 8.65. The van der Waals surface area contributed by atoms with Crippen molar-refractivity contribution < 1.29 is 14.3 Å². The Hall–Kier alpha value is -2.62. The van der Waals surface area contributed by atoms with Crippen LogP contribution in [0.25, 0.3) is 0 Å². The van der Waals surface area contributed by atoms with E-state index in [0.717, 1.165) is 24.8 Å². The Morgan fingerprint density at radius 1 is 1.04 bits per heavy atom. The van der Waals surface area contributed by atoms with Gasteiger partial charge in [-0.15, -0.1) is 0 Å². The first-order valence-electron chi connectivity index (χ1n) is 9.28. The van der Waals surface area contributed by atoms with Crippen LogP contribution in [0, 0.1) is 0 Å². The molecule has 0 saturated heterocycles. The van der Waals surface area contributed by atoms with Gasteiger partial charge < -0.3 is 10.1 Å². The zero-order valence-corrected chi connectivity index (χ0v) is 15.1. The van der Waals surface area contributed by atoms with Crippen LogP contribution < -0.4 is 5.32 Å². The lowest BCUT2D eigenvalue weighted by molar-refractivity contribution is -0.156. The fraction of sp³-hybridized carbons (Fsp3) is 0.364. The summed E-state index contributed by atoms with van der Waals surface area (Å²) in [5, 5.41) is 2.93. The van der Waals surface area contributed by atoms with Gasteiger partial charge in [0.05, 0.1) is 0 Å². The SMILES string of the molecule is CCc1ccc(CCC(=O)O[C@@H](C(=O)NC2CC2)c2ccccc2)cc1. The van der Waals surface area contributed by atoms with Crippen LogP contribution in [0.1, 0.15) is 49.0 Å². The molecule has 0 unspecified atom stereocenters. The van der Waals surface area contributed by atoms with Gasteiger partial charge in [0, 0.05) is 18.0 Å². The Morgan fingerprint density at radius 2 is 1.69 bits per heavy atom. The molecule has 1 amide bonds. The summed E-state index contributed by atoms with van der Waals surface area (Å²) < 4.78 is 5.54. The van der Waals surface area contributed by atoms with Crippen molar-refractivity contribution in [2.24, 2.45) is 0 Å². The first-order valence-corrected chi connectivity index (χ1v) is 9.28. The number of hydrogen-bond donors (Lipinski definition) is 1. The maximum atomic E-state index is 12.5. The Kier molecular flexibility index (Phi) is 6.05. The van der Waals surface area contributed by atoms with E-state index < -0.39 is 6.10 Å². The number of carbonyl (C=O) groups excluding carboxylic acids is 2. The fourth-order valence-electron chi connectivity index (χ4n) is 2.78. The number of esters is 1. The van der Waals surface area contributed by atoms with E-state index in [1.807, 2.05) is 42.5 Å². The molecule has 4 nitrogen and oxygen atoms in total. The van der Waals surface area contributed by atoms with Crippen LogP contribution in [-0.2, 0) is 27.2 Å². The average molecular weight is 351 g/mol. The van der Waals surface area contributed by atoms with Crippen molar-refractivity contribution in [3.8, 4) is 0 Å². The third-order valence-corrected chi connectivity index (χ3v) is 4.56. The monoisotopic (exact) mass is 351 g/mol. The topological polar surface area (TPSA) is 55.4 Å². The molecule has 0 spiro atoms. The van der Waals surface area contributed by atoms with Crippen molar-refractivity contribution in [3.05, 3.63) is 71.3 Å². The Bertz CT molecular complexity index is 736. The zero-order chi connectivity index (χ0) is 18.4. The minimum Gasteiger partial charge on any atom is -0.447 e. The summed E-state index contributed by atoms with van der Waals surface area (Å²) in [6.07, 6.45) is 2.97. The minimum absolute atomic E-state index is 0.226. The molecule has 1 aliphatic rings. The molecule has 1 saturated carbocycles. The van der Waals surface area contributed by atoms with Gasteiger partial charge in [-0.25, -0.2) is 0 Å². The van der Waals surface area contributed by atoms with E-state index in [9.17, 15) is 9.59 Å². The number of nitrogens with one attached hydrogen (secondary N) is 1. The van der Waals surface area contributed by atoms with Crippen LogP contribution >= 0.6 is 0 Å². The summed E-state index contributed by atoms with van der Waals surface area (Å²) in [6.45, 7) is 2.11. The lowest BCUT2D eigenvalue weighted by Crippen LogP contribution is -2.33. The zero-order valence-electron chi connectivity index (χ0n) is 15.1. The lowest BCUT2D eigenvalue weighted by Gasteiger charge is -2.18. The maximum Gasteiger partial charge on any atom is 0.307 e. The molecule has 1 fully saturated rings. The van der Waals surface area contributed by atoms with Crippen molar-refractivity contribution >= 4 is 11.9 Å². The molecule has 3 rings (SSSR count). The van der Waals surface area contributed by atoms with Gasteiger partial charge in [-0.3, -0.25) is 9.59 Å². The van der Waals surface area contributed by atoms with Crippen molar-refractivity contribution in [1.29, 1.82) is 0 Å². The Balaban J connectivity index is 1.59. The predicted octanol–water partition coefficient (Wildman–Crippen LogP) is 3.74. The summed E-state index contributed by atoms with van der Waals surface area (Å²) in [6, 6.07) is 17.7. The van der Waals surface area contributed by atoms with Crippen LogP contribution in [0.4, 0.5) is 0 Å². The Morgan fingerprint density at radius 3 is 2.31 bits per heavy atom. The summed E-state index contributed by atoms with van der Waals surface area (Å²) in [7, 11) is 0. The van der Waals surface area contributed by atoms with Crippen LogP contribution in [0.3, 0.4) is 0 Å². The van der Waals surface area contributed by atoms with Gasteiger partial charge in [0.15, 0.2) is 0 Å². The van der Waals surface area contributed by atoms with Crippen LogP contribution in [0.5, 0.6) is 0 Å². The molecule has 1 atom stereocenters. The smallest absolute Gasteiger partial charge is 0.307 e. The molecule has 4 heteroatoms. The normalized spacial score (nSPS) is 14.5. The van der Waals surface area contributed by atoms with Crippen LogP contribution in [0.15, 0.2) is 54.6 Å². The summed E-state index contributed by atoms with van der Waals surface area (Å²) >= 11 is 0. The number of benzene rings is 2.